The lowest BCUT2D eigenvalue weighted by Gasteiger charge is -2.22. The third-order valence-electron chi connectivity index (χ3n) is 6.30. The number of nitrogens with zero attached hydrogens (tertiary/aromatic N) is 2. The van der Waals surface area contributed by atoms with E-state index in [1.165, 1.54) is 36.4 Å². The number of halogens is 1. The molecule has 1 aliphatic heterocycles. The number of aryl methyl sites for hydroxylation is 1. The van der Waals surface area contributed by atoms with Gasteiger partial charge in [-0.3, -0.25) is 9.59 Å². The smallest absolute Gasteiger partial charge is 0.243 e. The average molecular weight is 524 g/mol. The van der Waals surface area contributed by atoms with E-state index in [-0.39, 0.29) is 17.3 Å². The number of carbonyl (C=O) groups is 2. The van der Waals surface area contributed by atoms with E-state index in [9.17, 15) is 22.4 Å². The lowest BCUT2D eigenvalue weighted by Crippen LogP contribution is -2.37. The third kappa shape index (κ3) is 7.02. The van der Waals surface area contributed by atoms with Crippen LogP contribution in [0, 0.1) is 12.7 Å². The number of anilines is 1. The van der Waals surface area contributed by atoms with Gasteiger partial charge >= 0.3 is 0 Å². The molecule has 1 N–H and O–H groups in total. The van der Waals surface area contributed by atoms with Gasteiger partial charge < -0.3 is 10.2 Å². The van der Waals surface area contributed by atoms with Crippen molar-refractivity contribution in [2.45, 2.75) is 37.6 Å². The van der Waals surface area contributed by atoms with Crippen molar-refractivity contribution in [3.05, 3.63) is 95.3 Å². The Labute approximate surface area is 217 Å². The van der Waals surface area contributed by atoms with Gasteiger partial charge in [0.05, 0.1) is 17.9 Å². The standard InChI is InChI=1S/C28H30FN3O4S/c1-21-4-14-26(15-5-21)37(35,36)32(19-23-6-10-24(29)11-7-23)20-27(33)30-25-12-8-22(9-13-25)18-28(34)31-16-2-3-17-31/h4-15H,2-3,16-20H2,1H3,(H,30,33). The largest absolute Gasteiger partial charge is 0.342 e. The topological polar surface area (TPSA) is 86.8 Å². The number of benzene rings is 3. The average Bonchev–Trinajstić information content (AvgIpc) is 3.42. The molecule has 0 aromatic heterocycles. The number of rotatable bonds is 9. The normalized spacial score (nSPS) is 13.6. The van der Waals surface area contributed by atoms with Crippen LogP contribution in [-0.2, 0) is 32.6 Å². The van der Waals surface area contributed by atoms with Crippen LogP contribution < -0.4 is 5.32 Å². The maximum absolute atomic E-state index is 13.4. The third-order valence-corrected chi connectivity index (χ3v) is 8.11. The van der Waals surface area contributed by atoms with Gasteiger partial charge in [-0.25, -0.2) is 12.8 Å². The quantitative estimate of drug-likeness (QED) is 0.457. The Balaban J connectivity index is 1.45. The Morgan fingerprint density at radius 1 is 0.892 bits per heavy atom. The van der Waals surface area contributed by atoms with Crippen molar-refractivity contribution in [1.82, 2.24) is 9.21 Å². The van der Waals surface area contributed by atoms with E-state index in [4.69, 9.17) is 0 Å². The minimum absolute atomic E-state index is 0.0695. The Morgan fingerprint density at radius 3 is 2.11 bits per heavy atom. The van der Waals surface area contributed by atoms with Crippen LogP contribution >= 0.6 is 0 Å². The van der Waals surface area contributed by atoms with E-state index >= 15 is 0 Å². The van der Waals surface area contributed by atoms with E-state index in [1.54, 1.807) is 36.4 Å². The minimum atomic E-state index is -4.01. The van der Waals surface area contributed by atoms with Crippen molar-refractivity contribution in [2.75, 3.05) is 25.0 Å². The summed E-state index contributed by atoms with van der Waals surface area (Å²) in [6, 6.07) is 18.8. The van der Waals surface area contributed by atoms with E-state index in [1.807, 2.05) is 11.8 Å². The van der Waals surface area contributed by atoms with E-state index in [2.05, 4.69) is 5.32 Å². The molecule has 9 heteroatoms. The van der Waals surface area contributed by atoms with Crippen LogP contribution in [0.4, 0.5) is 10.1 Å². The molecule has 4 rings (SSSR count). The first-order valence-corrected chi connectivity index (χ1v) is 13.6. The Bertz CT molecular complexity index is 1340. The van der Waals surface area contributed by atoms with Crippen molar-refractivity contribution in [1.29, 1.82) is 0 Å². The van der Waals surface area contributed by atoms with E-state index in [0.29, 0.717) is 17.7 Å². The monoisotopic (exact) mass is 523 g/mol. The first kappa shape index (κ1) is 26.5. The van der Waals surface area contributed by atoms with Crippen LogP contribution in [-0.4, -0.2) is 49.1 Å². The van der Waals surface area contributed by atoms with Crippen molar-refractivity contribution < 1.29 is 22.4 Å². The highest BCUT2D eigenvalue weighted by Gasteiger charge is 2.27. The van der Waals surface area contributed by atoms with Crippen molar-refractivity contribution >= 4 is 27.5 Å². The zero-order chi connectivity index (χ0) is 26.4. The second-order valence-electron chi connectivity index (χ2n) is 9.22. The molecule has 1 aliphatic rings. The molecule has 1 fully saturated rings. The van der Waals surface area contributed by atoms with Gasteiger partial charge in [-0.2, -0.15) is 4.31 Å². The van der Waals surface area contributed by atoms with Crippen molar-refractivity contribution in [3.8, 4) is 0 Å². The van der Waals surface area contributed by atoms with Crippen LogP contribution in [0.25, 0.3) is 0 Å². The number of likely N-dealkylation sites (tertiary alicyclic amines) is 1. The van der Waals surface area contributed by atoms with Crippen molar-refractivity contribution in [2.24, 2.45) is 0 Å². The van der Waals surface area contributed by atoms with Gasteiger partial charge in [-0.15, -0.1) is 0 Å². The van der Waals surface area contributed by atoms with Crippen molar-refractivity contribution in [3.63, 3.8) is 0 Å². The van der Waals surface area contributed by atoms with Gasteiger partial charge in [-0.05, 0) is 67.3 Å². The first-order valence-electron chi connectivity index (χ1n) is 12.2. The molecule has 3 aromatic rings. The summed E-state index contributed by atoms with van der Waals surface area (Å²) in [5, 5.41) is 2.74. The number of amides is 2. The van der Waals surface area contributed by atoms with Gasteiger partial charge in [0, 0.05) is 25.3 Å². The van der Waals surface area contributed by atoms with Gasteiger partial charge in [0.15, 0.2) is 0 Å². The van der Waals surface area contributed by atoms with E-state index < -0.39 is 28.3 Å². The first-order chi connectivity index (χ1) is 17.7. The molecule has 0 unspecified atom stereocenters. The van der Waals surface area contributed by atoms with Crippen LogP contribution in [0.2, 0.25) is 0 Å². The minimum Gasteiger partial charge on any atom is -0.342 e. The highest BCUT2D eigenvalue weighted by molar-refractivity contribution is 7.89. The lowest BCUT2D eigenvalue weighted by molar-refractivity contribution is -0.129. The number of nitrogens with one attached hydrogen (secondary N) is 1. The molecule has 7 nitrogen and oxygen atoms in total. The SMILES string of the molecule is Cc1ccc(S(=O)(=O)N(CC(=O)Nc2ccc(CC(=O)N3CCCC3)cc2)Cc2ccc(F)cc2)cc1. The second kappa shape index (κ2) is 11.7. The molecular weight excluding hydrogens is 493 g/mol. The second-order valence-corrected chi connectivity index (χ2v) is 11.2. The van der Waals surface area contributed by atoms with Crippen LogP contribution in [0.5, 0.6) is 0 Å². The molecule has 0 radical (unpaired) electrons. The van der Waals surface area contributed by atoms with Gasteiger partial charge in [0.1, 0.15) is 5.82 Å². The van der Waals surface area contributed by atoms with Gasteiger partial charge in [0.2, 0.25) is 21.8 Å². The molecule has 3 aromatic carbocycles. The number of hydrogen-bond acceptors (Lipinski definition) is 4. The van der Waals surface area contributed by atoms with Gasteiger partial charge in [-0.1, -0.05) is 42.0 Å². The van der Waals surface area contributed by atoms with E-state index in [0.717, 1.165) is 41.4 Å². The summed E-state index contributed by atoms with van der Waals surface area (Å²) in [6.45, 7) is 2.93. The molecule has 194 valence electrons. The Kier molecular flexibility index (Phi) is 8.35. The molecule has 0 atom stereocenters. The molecule has 2 amide bonds. The zero-order valence-electron chi connectivity index (χ0n) is 20.7. The fourth-order valence-corrected chi connectivity index (χ4v) is 5.58. The Morgan fingerprint density at radius 2 is 1.49 bits per heavy atom. The van der Waals surface area contributed by atoms with Crippen LogP contribution in [0.3, 0.4) is 0 Å². The van der Waals surface area contributed by atoms with Crippen LogP contribution in [0.1, 0.15) is 29.5 Å². The summed E-state index contributed by atoms with van der Waals surface area (Å²) in [5.74, 6) is -0.856. The molecule has 0 aliphatic carbocycles. The fraction of sp³-hybridized carbons (Fsp3) is 0.286. The zero-order valence-corrected chi connectivity index (χ0v) is 21.5. The maximum atomic E-state index is 13.4. The summed E-state index contributed by atoms with van der Waals surface area (Å²) in [6.07, 6.45) is 2.37. The lowest BCUT2D eigenvalue weighted by atomic mass is 10.1. The Hall–Kier alpha value is -3.56. The fourth-order valence-electron chi connectivity index (χ4n) is 4.20. The highest BCUT2D eigenvalue weighted by Crippen LogP contribution is 2.20. The summed E-state index contributed by atoms with van der Waals surface area (Å²) in [5.41, 5.74) is 2.80. The predicted molar refractivity (Wildman–Crippen MR) is 140 cm³/mol. The number of carbonyl (C=O) groups excluding carboxylic acids is 2. The summed E-state index contributed by atoms with van der Waals surface area (Å²) < 4.78 is 41.2. The van der Waals surface area contributed by atoms with Crippen LogP contribution in [0.15, 0.2) is 77.7 Å². The molecule has 1 saturated heterocycles. The van der Waals surface area contributed by atoms with Gasteiger partial charge in [0.25, 0.3) is 0 Å². The maximum Gasteiger partial charge on any atom is 0.243 e. The molecule has 0 saturated carbocycles. The highest BCUT2D eigenvalue weighted by atomic mass is 32.2. The molecule has 0 spiro atoms. The molecule has 1 heterocycles. The summed E-state index contributed by atoms with van der Waals surface area (Å²) >= 11 is 0. The molecule has 37 heavy (non-hydrogen) atoms. The summed E-state index contributed by atoms with van der Waals surface area (Å²) in [4.78, 5) is 27.2. The summed E-state index contributed by atoms with van der Waals surface area (Å²) in [7, 11) is -4.01. The molecular formula is C28H30FN3O4S. The molecule has 0 bridgehead atoms. The number of sulfonamides is 1. The predicted octanol–water partition coefficient (Wildman–Crippen LogP) is 4.13. The number of hydrogen-bond donors (Lipinski definition) is 1.